The van der Waals surface area contributed by atoms with Crippen LogP contribution < -0.4 is 9.46 Å². The normalized spacial score (nSPS) is 18.4. The number of ether oxygens (including phenoxy) is 1. The van der Waals surface area contributed by atoms with Crippen LogP contribution in [0.25, 0.3) is 0 Å². The Morgan fingerprint density at radius 2 is 1.74 bits per heavy atom. The molecule has 3 atom stereocenters. The van der Waals surface area contributed by atoms with Gasteiger partial charge in [0.05, 0.1) is 28.7 Å². The summed E-state index contributed by atoms with van der Waals surface area (Å²) in [6, 6.07) is 15.4. The van der Waals surface area contributed by atoms with Crippen LogP contribution in [0.15, 0.2) is 71.6 Å². The van der Waals surface area contributed by atoms with Crippen LogP contribution in [-0.4, -0.2) is 68.1 Å². The van der Waals surface area contributed by atoms with E-state index in [1.165, 1.54) is 36.4 Å². The van der Waals surface area contributed by atoms with Crippen molar-refractivity contribution in [2.45, 2.75) is 50.5 Å². The van der Waals surface area contributed by atoms with Gasteiger partial charge in [0.25, 0.3) is 15.9 Å². The second-order valence-corrected chi connectivity index (χ2v) is 12.8. The molecule has 232 valence electrons. The molecule has 1 amide bonds. The van der Waals surface area contributed by atoms with Crippen LogP contribution in [0.2, 0.25) is 0 Å². The van der Waals surface area contributed by atoms with Gasteiger partial charge in [0.15, 0.2) is 0 Å². The van der Waals surface area contributed by atoms with E-state index in [-0.39, 0.29) is 41.0 Å². The van der Waals surface area contributed by atoms with E-state index < -0.39 is 39.8 Å². The zero-order valence-corrected chi connectivity index (χ0v) is 25.2. The summed E-state index contributed by atoms with van der Waals surface area (Å²) in [6.45, 7) is 6.25. The van der Waals surface area contributed by atoms with E-state index >= 15 is 0 Å². The molecule has 4 rings (SSSR count). The maximum atomic E-state index is 13.7. The minimum absolute atomic E-state index is 0.0768. The van der Waals surface area contributed by atoms with Gasteiger partial charge in [-0.25, -0.2) is 8.42 Å². The number of alkyl halides is 3. The molecule has 0 bridgehead atoms. The number of aryl methyl sites for hydroxylation is 1. The van der Waals surface area contributed by atoms with Crippen LogP contribution in [0.1, 0.15) is 40.9 Å². The number of likely N-dealkylation sites (N-methyl/N-ethyl adjacent to an activating group) is 1. The van der Waals surface area contributed by atoms with E-state index in [0.29, 0.717) is 18.7 Å². The number of anilines is 1. The smallest absolute Gasteiger partial charge is 0.416 e. The fourth-order valence-electron chi connectivity index (χ4n) is 4.92. The Hall–Kier alpha value is -3.61. The molecule has 0 radical (unpaired) electrons. The van der Waals surface area contributed by atoms with Crippen molar-refractivity contribution in [2.75, 3.05) is 31.5 Å². The van der Waals surface area contributed by atoms with Crippen LogP contribution in [0.5, 0.6) is 5.75 Å². The highest BCUT2D eigenvalue weighted by atomic mass is 32.2. The van der Waals surface area contributed by atoms with E-state index in [9.17, 15) is 31.5 Å². The Bertz CT molecular complexity index is 1530. The van der Waals surface area contributed by atoms with Gasteiger partial charge in [-0.3, -0.25) is 14.4 Å². The summed E-state index contributed by atoms with van der Waals surface area (Å²) in [5.41, 5.74) is 1.22. The summed E-state index contributed by atoms with van der Waals surface area (Å²) in [5.74, 6) is -0.324. The molecular weight excluding hydrogens is 583 g/mol. The summed E-state index contributed by atoms with van der Waals surface area (Å²) in [4.78, 5) is 17.2. The highest BCUT2D eigenvalue weighted by Gasteiger charge is 2.34. The van der Waals surface area contributed by atoms with Gasteiger partial charge in [0.2, 0.25) is 0 Å². The lowest BCUT2D eigenvalue weighted by molar-refractivity contribution is -0.137. The van der Waals surface area contributed by atoms with Crippen LogP contribution in [-0.2, 0) is 22.7 Å². The second-order valence-electron chi connectivity index (χ2n) is 11.1. The molecular formula is C31H36F3N3O5S. The largest absolute Gasteiger partial charge is 0.488 e. The number of carbonyl (C=O) groups is 1. The predicted molar refractivity (Wildman–Crippen MR) is 157 cm³/mol. The number of hydrogen-bond acceptors (Lipinski definition) is 6. The highest BCUT2D eigenvalue weighted by molar-refractivity contribution is 7.92. The number of carbonyl (C=O) groups excluding carboxylic acids is 1. The topological polar surface area (TPSA) is 99.2 Å². The minimum atomic E-state index is -4.41. The number of nitrogens with zero attached hydrogens (tertiary/aromatic N) is 2. The quantitative estimate of drug-likeness (QED) is 0.343. The fourth-order valence-corrected chi connectivity index (χ4v) is 5.97. The first-order chi connectivity index (χ1) is 20.2. The molecule has 0 spiro atoms. The molecule has 0 aliphatic carbocycles. The van der Waals surface area contributed by atoms with E-state index in [1.54, 1.807) is 30.0 Å². The van der Waals surface area contributed by atoms with Gasteiger partial charge in [-0.2, -0.15) is 13.2 Å². The van der Waals surface area contributed by atoms with E-state index in [0.717, 1.165) is 17.7 Å². The Labute approximate surface area is 250 Å². The molecule has 0 fully saturated rings. The number of halogens is 3. The average Bonchev–Trinajstić information content (AvgIpc) is 2.94. The van der Waals surface area contributed by atoms with Crippen molar-refractivity contribution in [3.05, 3.63) is 89.0 Å². The summed E-state index contributed by atoms with van der Waals surface area (Å²) >= 11 is 0. The minimum Gasteiger partial charge on any atom is -0.488 e. The average molecular weight is 620 g/mol. The van der Waals surface area contributed by atoms with E-state index in [2.05, 4.69) is 4.72 Å². The van der Waals surface area contributed by atoms with Gasteiger partial charge in [0.1, 0.15) is 11.9 Å². The molecule has 0 saturated heterocycles. The zero-order valence-electron chi connectivity index (χ0n) is 24.4. The molecule has 43 heavy (non-hydrogen) atoms. The van der Waals surface area contributed by atoms with Crippen LogP contribution in [0, 0.1) is 12.8 Å². The first-order valence-electron chi connectivity index (χ1n) is 13.8. The lowest BCUT2D eigenvalue weighted by Crippen LogP contribution is -2.49. The second kappa shape index (κ2) is 12.9. The maximum Gasteiger partial charge on any atom is 0.416 e. The molecule has 12 heteroatoms. The third kappa shape index (κ3) is 7.87. The summed E-state index contributed by atoms with van der Waals surface area (Å²) in [6.07, 6.45) is -4.84. The van der Waals surface area contributed by atoms with Crippen LogP contribution >= 0.6 is 0 Å². The third-order valence-electron chi connectivity index (χ3n) is 7.47. The van der Waals surface area contributed by atoms with Crippen LogP contribution in [0.3, 0.4) is 0 Å². The summed E-state index contributed by atoms with van der Waals surface area (Å²) < 4.78 is 73.8. The number of hydrogen-bond donors (Lipinski definition) is 2. The molecule has 8 nitrogen and oxygen atoms in total. The molecule has 0 saturated carbocycles. The number of benzene rings is 3. The van der Waals surface area contributed by atoms with Gasteiger partial charge in [-0.1, -0.05) is 36.8 Å². The fraction of sp³-hybridized carbons (Fsp3) is 0.387. The Morgan fingerprint density at radius 3 is 2.35 bits per heavy atom. The Kier molecular flexibility index (Phi) is 9.73. The number of sulfonamides is 1. The van der Waals surface area contributed by atoms with Crippen molar-refractivity contribution in [3.8, 4) is 5.75 Å². The van der Waals surface area contributed by atoms with Crippen molar-refractivity contribution >= 4 is 21.6 Å². The zero-order chi connectivity index (χ0) is 31.5. The summed E-state index contributed by atoms with van der Waals surface area (Å²) in [5, 5.41) is 9.90. The monoisotopic (exact) mass is 619 g/mol. The van der Waals surface area contributed by atoms with Crippen molar-refractivity contribution in [1.29, 1.82) is 0 Å². The first kappa shape index (κ1) is 32.3. The van der Waals surface area contributed by atoms with Gasteiger partial charge < -0.3 is 14.7 Å². The van der Waals surface area contributed by atoms with Crippen molar-refractivity contribution in [1.82, 2.24) is 9.80 Å². The molecule has 3 aromatic carbocycles. The maximum absolute atomic E-state index is 13.7. The Balaban J connectivity index is 1.59. The number of aliphatic hydroxyl groups excluding tert-OH is 1. The molecule has 2 N–H and O–H groups in total. The first-order valence-corrected chi connectivity index (χ1v) is 15.3. The highest BCUT2D eigenvalue weighted by Crippen LogP contribution is 2.32. The van der Waals surface area contributed by atoms with E-state index in [4.69, 9.17) is 4.74 Å². The van der Waals surface area contributed by atoms with Crippen molar-refractivity contribution in [2.24, 2.45) is 5.92 Å². The Morgan fingerprint density at radius 1 is 1.09 bits per heavy atom. The molecule has 0 aromatic heterocycles. The number of rotatable bonds is 9. The van der Waals surface area contributed by atoms with Gasteiger partial charge in [-0.05, 0) is 68.9 Å². The molecule has 0 unspecified atom stereocenters. The van der Waals surface area contributed by atoms with Gasteiger partial charge in [0, 0.05) is 31.2 Å². The van der Waals surface area contributed by atoms with Crippen molar-refractivity contribution in [3.63, 3.8) is 0 Å². The number of nitrogens with one attached hydrogen (secondary N) is 1. The molecule has 3 aromatic rings. The van der Waals surface area contributed by atoms with Crippen LogP contribution in [0.4, 0.5) is 18.9 Å². The lowest BCUT2D eigenvalue weighted by atomic mass is 9.99. The predicted octanol–water partition coefficient (Wildman–Crippen LogP) is 5.17. The number of aliphatic hydroxyl groups is 1. The standard InChI is InChI=1S/C31H36F3N3O5S/c1-20-5-12-26(13-6-20)43(40,41)35-25-11-14-28-27(15-25)30(39)37(22(3)19-38)16-21(2)29(42-28)18-36(4)17-23-7-9-24(10-8-23)31(32,33)34/h5-15,21-22,29,35,38H,16-19H2,1-4H3/t21-,22-,29-/m0/s1. The van der Waals surface area contributed by atoms with Gasteiger partial charge >= 0.3 is 6.18 Å². The molecule has 1 aliphatic rings. The van der Waals surface area contributed by atoms with Gasteiger partial charge in [-0.15, -0.1) is 0 Å². The van der Waals surface area contributed by atoms with Crippen molar-refractivity contribution < 1.29 is 36.2 Å². The third-order valence-corrected chi connectivity index (χ3v) is 8.87. The number of amides is 1. The number of fused-ring (bicyclic) bond motifs is 1. The molecule has 1 heterocycles. The lowest BCUT2D eigenvalue weighted by Gasteiger charge is -2.38. The SMILES string of the molecule is Cc1ccc(S(=O)(=O)Nc2ccc3c(c2)C(=O)N([C@@H](C)CO)C[C@H](C)[C@H](CN(C)Cc2ccc(C(F)(F)F)cc2)O3)cc1. The van der Waals surface area contributed by atoms with E-state index in [1.807, 2.05) is 25.8 Å². The molecule has 1 aliphatic heterocycles. The summed E-state index contributed by atoms with van der Waals surface area (Å²) in [7, 11) is -2.10.